The lowest BCUT2D eigenvalue weighted by molar-refractivity contribution is 0.0703. The van der Waals surface area contributed by atoms with E-state index in [1.807, 2.05) is 13.0 Å². The second kappa shape index (κ2) is 6.47. The molecule has 7 heteroatoms. The summed E-state index contributed by atoms with van der Waals surface area (Å²) in [6.07, 6.45) is 1.63. The van der Waals surface area contributed by atoms with Crippen LogP contribution in [0.5, 0.6) is 5.88 Å². The average Bonchev–Trinajstić information content (AvgIpc) is 2.89. The van der Waals surface area contributed by atoms with Gasteiger partial charge in [0.1, 0.15) is 6.61 Å². The number of carbonyl (C=O) groups excluding carboxylic acids is 1. The van der Waals surface area contributed by atoms with Gasteiger partial charge >= 0.3 is 0 Å². The van der Waals surface area contributed by atoms with Crippen molar-refractivity contribution in [1.82, 2.24) is 14.7 Å². The van der Waals surface area contributed by atoms with Crippen LogP contribution in [0.15, 0.2) is 37.0 Å². The maximum absolute atomic E-state index is 11.7. The Labute approximate surface area is 127 Å². The second-order valence-corrected chi connectivity index (χ2v) is 4.83. The van der Waals surface area contributed by atoms with Gasteiger partial charge in [0.2, 0.25) is 5.88 Å². The molecule has 1 aromatic heterocycles. The van der Waals surface area contributed by atoms with Crippen LogP contribution in [0.1, 0.15) is 28.4 Å². The largest absolute Gasteiger partial charge is 0.472 e. The number of carbonyl (C=O) groups is 1. The Morgan fingerprint density at radius 2 is 2.19 bits per heavy atom. The molecule has 0 saturated heterocycles. The second-order valence-electron chi connectivity index (χ2n) is 4.42. The number of hydrogen-bond donors (Lipinski definition) is 3. The molecular weight excluding hydrogens is 290 g/mol. The van der Waals surface area contributed by atoms with E-state index in [9.17, 15) is 4.79 Å². The first kappa shape index (κ1) is 15.1. The van der Waals surface area contributed by atoms with Gasteiger partial charge in [-0.1, -0.05) is 24.3 Å². The fraction of sp³-hybridized carbons (Fsp3) is 0.143. The van der Waals surface area contributed by atoms with E-state index in [4.69, 9.17) is 9.94 Å². The van der Waals surface area contributed by atoms with Gasteiger partial charge in [-0.2, -0.15) is 0 Å². The molecule has 2 N–H and O–H groups in total. The number of thiol groups is 1. The van der Waals surface area contributed by atoms with Crippen LogP contribution >= 0.6 is 12.8 Å². The van der Waals surface area contributed by atoms with Crippen LogP contribution in [0.3, 0.4) is 0 Å². The highest BCUT2D eigenvalue weighted by molar-refractivity contribution is 7.78. The predicted molar refractivity (Wildman–Crippen MR) is 81.3 cm³/mol. The lowest BCUT2D eigenvalue weighted by atomic mass is 9.97. The molecule has 0 bridgehead atoms. The topological polar surface area (TPSA) is 76.4 Å². The number of allylic oxidation sites excluding steroid dienone is 1. The van der Waals surface area contributed by atoms with Crippen molar-refractivity contribution in [2.24, 2.45) is 0 Å². The number of amides is 1. The maximum Gasteiger partial charge on any atom is 0.275 e. The summed E-state index contributed by atoms with van der Waals surface area (Å²) in [6, 6.07) is 6.82. The van der Waals surface area contributed by atoms with Gasteiger partial charge in [0.05, 0.1) is 0 Å². The summed E-state index contributed by atoms with van der Waals surface area (Å²) in [4.78, 5) is 11.7. The summed E-state index contributed by atoms with van der Waals surface area (Å²) in [5.41, 5.74) is 4.17. The highest BCUT2D eigenvalue weighted by Crippen LogP contribution is 2.23. The summed E-state index contributed by atoms with van der Waals surface area (Å²) < 4.78 is 6.88. The number of ether oxygens (including phenoxy) is 1. The van der Waals surface area contributed by atoms with Gasteiger partial charge < -0.3 is 4.74 Å². The molecule has 2 rings (SSSR count). The molecule has 1 aromatic carbocycles. The fourth-order valence-corrected chi connectivity index (χ4v) is 2.09. The van der Waals surface area contributed by atoms with Crippen LogP contribution in [-0.4, -0.2) is 20.3 Å². The Hall–Kier alpha value is -2.25. The minimum absolute atomic E-state index is 0.122. The third-order valence-electron chi connectivity index (χ3n) is 2.90. The number of benzene rings is 1. The molecule has 0 saturated carbocycles. The number of nitrogens with zero attached hydrogens (tertiary/aromatic N) is 2. The quantitative estimate of drug-likeness (QED) is 0.450. The van der Waals surface area contributed by atoms with E-state index in [2.05, 4.69) is 24.5 Å². The van der Waals surface area contributed by atoms with Crippen LogP contribution in [0.2, 0.25) is 0 Å². The molecule has 2 aromatic rings. The summed E-state index contributed by atoms with van der Waals surface area (Å²) in [5, 5.41) is 12.8. The first-order valence-electron chi connectivity index (χ1n) is 6.13. The summed E-state index contributed by atoms with van der Waals surface area (Å²) in [5.74, 6) is -0.215. The zero-order chi connectivity index (χ0) is 15.4. The number of nitrogens with one attached hydrogen (secondary N) is 1. The van der Waals surface area contributed by atoms with Gasteiger partial charge in [-0.15, -0.1) is 5.10 Å². The van der Waals surface area contributed by atoms with Gasteiger partial charge in [0, 0.05) is 23.4 Å². The normalized spacial score (nSPS) is 10.2. The predicted octanol–water partition coefficient (Wildman–Crippen LogP) is 2.31. The standard InChI is InChI=1S/C14H15N3O3S/c1-9(2)10-4-3-5-11(14(18)16-19)12(10)8-20-13-6-7-17(21)15-13/h3-7,19,21H,1,8H2,2H3,(H,16,18). The number of hydroxylamine groups is 1. The molecule has 0 unspecified atom stereocenters. The van der Waals surface area contributed by atoms with Crippen molar-refractivity contribution >= 4 is 24.3 Å². The van der Waals surface area contributed by atoms with Crippen molar-refractivity contribution in [3.63, 3.8) is 0 Å². The maximum atomic E-state index is 11.7. The van der Waals surface area contributed by atoms with Crippen molar-refractivity contribution < 1.29 is 14.7 Å². The molecule has 0 radical (unpaired) electrons. The number of hydrogen-bond acceptors (Lipinski definition) is 5. The number of aromatic nitrogens is 2. The molecule has 21 heavy (non-hydrogen) atoms. The molecule has 0 spiro atoms. The molecular formula is C14H15N3O3S. The molecule has 0 aliphatic carbocycles. The Kier molecular flexibility index (Phi) is 4.66. The zero-order valence-corrected chi connectivity index (χ0v) is 12.3. The van der Waals surface area contributed by atoms with Crippen molar-refractivity contribution in [2.45, 2.75) is 13.5 Å². The molecule has 1 heterocycles. The highest BCUT2D eigenvalue weighted by atomic mass is 32.1. The third-order valence-corrected chi connectivity index (χ3v) is 3.12. The molecule has 0 atom stereocenters. The molecule has 110 valence electrons. The van der Waals surface area contributed by atoms with Gasteiger partial charge in [-0.3, -0.25) is 10.0 Å². The number of rotatable bonds is 5. The summed E-state index contributed by atoms with van der Waals surface area (Å²) in [6.45, 7) is 5.85. The van der Waals surface area contributed by atoms with E-state index in [-0.39, 0.29) is 6.61 Å². The monoisotopic (exact) mass is 305 g/mol. The van der Waals surface area contributed by atoms with E-state index in [0.717, 1.165) is 11.1 Å². The Morgan fingerprint density at radius 3 is 2.76 bits per heavy atom. The van der Waals surface area contributed by atoms with E-state index in [1.165, 1.54) is 4.09 Å². The first-order valence-corrected chi connectivity index (χ1v) is 6.53. The van der Waals surface area contributed by atoms with Gasteiger partial charge in [-0.05, 0) is 31.4 Å². The van der Waals surface area contributed by atoms with Crippen molar-refractivity contribution in [2.75, 3.05) is 0 Å². The van der Waals surface area contributed by atoms with E-state index >= 15 is 0 Å². The Bertz CT molecular complexity index is 682. The molecule has 0 fully saturated rings. The van der Waals surface area contributed by atoms with Gasteiger partial charge in [0.25, 0.3) is 5.91 Å². The average molecular weight is 305 g/mol. The van der Waals surface area contributed by atoms with Crippen LogP contribution in [0.4, 0.5) is 0 Å². The van der Waals surface area contributed by atoms with Crippen LogP contribution in [-0.2, 0) is 6.61 Å². The van der Waals surface area contributed by atoms with Crippen molar-refractivity contribution in [1.29, 1.82) is 0 Å². The van der Waals surface area contributed by atoms with Gasteiger partial charge in [0.15, 0.2) is 0 Å². The smallest absolute Gasteiger partial charge is 0.275 e. The fourth-order valence-electron chi connectivity index (χ4n) is 1.94. The van der Waals surface area contributed by atoms with E-state index in [0.29, 0.717) is 17.0 Å². The van der Waals surface area contributed by atoms with Crippen molar-refractivity contribution in [3.05, 3.63) is 53.7 Å². The minimum Gasteiger partial charge on any atom is -0.472 e. The molecule has 0 aliphatic heterocycles. The molecule has 6 nitrogen and oxygen atoms in total. The van der Waals surface area contributed by atoms with E-state index in [1.54, 1.807) is 29.9 Å². The minimum atomic E-state index is -0.601. The van der Waals surface area contributed by atoms with E-state index < -0.39 is 5.91 Å². The van der Waals surface area contributed by atoms with Crippen LogP contribution in [0.25, 0.3) is 5.57 Å². The lowest BCUT2D eigenvalue weighted by Crippen LogP contribution is -2.21. The molecule has 1 amide bonds. The third kappa shape index (κ3) is 3.45. The van der Waals surface area contributed by atoms with Crippen LogP contribution in [0, 0.1) is 0 Å². The lowest BCUT2D eigenvalue weighted by Gasteiger charge is -2.14. The SMILES string of the molecule is C=C(C)c1cccc(C(=O)NO)c1COc1ccn(S)n1. The Balaban J connectivity index is 2.34. The first-order chi connectivity index (χ1) is 10.0. The van der Waals surface area contributed by atoms with Gasteiger partial charge in [-0.25, -0.2) is 9.57 Å². The van der Waals surface area contributed by atoms with Crippen molar-refractivity contribution in [3.8, 4) is 5.88 Å². The summed E-state index contributed by atoms with van der Waals surface area (Å²) >= 11 is 4.02. The highest BCUT2D eigenvalue weighted by Gasteiger charge is 2.15. The molecule has 0 aliphatic rings. The Morgan fingerprint density at radius 1 is 1.48 bits per heavy atom. The van der Waals surface area contributed by atoms with Crippen LogP contribution < -0.4 is 10.2 Å². The zero-order valence-electron chi connectivity index (χ0n) is 11.4. The summed E-state index contributed by atoms with van der Waals surface area (Å²) in [7, 11) is 0.